The van der Waals surface area contributed by atoms with Crippen molar-refractivity contribution in [2.75, 3.05) is 0 Å². The van der Waals surface area contributed by atoms with E-state index < -0.39 is 0 Å². The Morgan fingerprint density at radius 1 is 1.20 bits per heavy atom. The van der Waals surface area contributed by atoms with Gasteiger partial charge in [-0.3, -0.25) is 4.79 Å². The van der Waals surface area contributed by atoms with Gasteiger partial charge >= 0.3 is 0 Å². The monoisotopic (exact) mass is 220 g/mol. The van der Waals surface area contributed by atoms with Gasteiger partial charge in [0, 0.05) is 5.57 Å². The van der Waals surface area contributed by atoms with E-state index >= 15 is 0 Å². The van der Waals surface area contributed by atoms with Crippen LogP contribution in [-0.4, -0.2) is 11.4 Å². The van der Waals surface area contributed by atoms with Gasteiger partial charge in [-0.2, -0.15) is 0 Å². The summed E-state index contributed by atoms with van der Waals surface area (Å²) in [7, 11) is 0. The molecule has 4 heteroatoms. The molecule has 3 nitrogen and oxygen atoms in total. The standard InChI is InChI=1S/C11H12N2OS/c1-7-9(8-5-3-2-4-6-8)12-11(15)13-10(7)14/h2-6,11-12,15H,1H3,(H,13,14). The first kappa shape index (κ1) is 10.1. The Morgan fingerprint density at radius 2 is 1.87 bits per heavy atom. The summed E-state index contributed by atoms with van der Waals surface area (Å²) in [5.41, 5.74) is 2.21. The Balaban J connectivity index is 2.43. The smallest absolute Gasteiger partial charge is 0.251 e. The van der Waals surface area contributed by atoms with Crippen molar-refractivity contribution >= 4 is 24.2 Å². The molecule has 1 aromatic rings. The van der Waals surface area contributed by atoms with E-state index in [1.807, 2.05) is 30.3 Å². The summed E-state index contributed by atoms with van der Waals surface area (Å²) in [5.74, 6) is -0.0763. The number of nitrogens with one attached hydrogen (secondary N) is 2. The van der Waals surface area contributed by atoms with E-state index in [0.717, 1.165) is 11.3 Å². The summed E-state index contributed by atoms with van der Waals surface area (Å²) in [4.78, 5) is 11.5. The summed E-state index contributed by atoms with van der Waals surface area (Å²) in [6, 6.07) is 9.75. The van der Waals surface area contributed by atoms with Crippen LogP contribution in [0.1, 0.15) is 12.5 Å². The van der Waals surface area contributed by atoms with Crippen LogP contribution in [0.4, 0.5) is 0 Å². The fraction of sp³-hybridized carbons (Fsp3) is 0.182. The van der Waals surface area contributed by atoms with E-state index in [1.165, 1.54) is 0 Å². The minimum atomic E-state index is -0.323. The molecule has 1 amide bonds. The van der Waals surface area contributed by atoms with Gasteiger partial charge in [-0.1, -0.05) is 30.3 Å². The van der Waals surface area contributed by atoms with Gasteiger partial charge in [0.05, 0.1) is 5.70 Å². The number of hydrogen-bond acceptors (Lipinski definition) is 3. The van der Waals surface area contributed by atoms with Crippen molar-refractivity contribution in [3.05, 3.63) is 41.5 Å². The highest BCUT2D eigenvalue weighted by molar-refractivity contribution is 7.80. The van der Waals surface area contributed by atoms with Crippen LogP contribution >= 0.6 is 12.6 Å². The van der Waals surface area contributed by atoms with Gasteiger partial charge in [0.15, 0.2) is 0 Å². The van der Waals surface area contributed by atoms with Crippen molar-refractivity contribution in [2.24, 2.45) is 0 Å². The van der Waals surface area contributed by atoms with Crippen molar-refractivity contribution in [3.8, 4) is 0 Å². The Kier molecular flexibility index (Phi) is 2.68. The summed E-state index contributed by atoms with van der Waals surface area (Å²) in [6.07, 6.45) is 0. The van der Waals surface area contributed by atoms with Crippen LogP contribution in [0, 0.1) is 0 Å². The van der Waals surface area contributed by atoms with Crippen LogP contribution in [0.5, 0.6) is 0 Å². The molecule has 78 valence electrons. The van der Waals surface area contributed by atoms with Crippen molar-refractivity contribution in [3.63, 3.8) is 0 Å². The first-order chi connectivity index (χ1) is 7.18. The predicted octanol–water partition coefficient (Wildman–Crippen LogP) is 1.35. The highest BCUT2D eigenvalue weighted by Crippen LogP contribution is 2.19. The van der Waals surface area contributed by atoms with Crippen molar-refractivity contribution in [1.82, 2.24) is 10.6 Å². The van der Waals surface area contributed by atoms with E-state index in [1.54, 1.807) is 6.92 Å². The minimum absolute atomic E-state index is 0.0763. The Bertz CT molecular complexity index is 414. The number of hydrogen-bond donors (Lipinski definition) is 3. The van der Waals surface area contributed by atoms with Gasteiger partial charge in [0.1, 0.15) is 5.50 Å². The maximum Gasteiger partial charge on any atom is 0.251 e. The average molecular weight is 220 g/mol. The molecule has 0 radical (unpaired) electrons. The van der Waals surface area contributed by atoms with Gasteiger partial charge in [0.25, 0.3) is 5.91 Å². The molecule has 1 aliphatic rings. The van der Waals surface area contributed by atoms with Crippen LogP contribution in [0.2, 0.25) is 0 Å². The largest absolute Gasteiger partial charge is 0.356 e. The molecule has 15 heavy (non-hydrogen) atoms. The van der Waals surface area contributed by atoms with E-state index in [4.69, 9.17) is 0 Å². The van der Waals surface area contributed by atoms with E-state index in [2.05, 4.69) is 23.3 Å². The lowest BCUT2D eigenvalue weighted by Crippen LogP contribution is -2.46. The summed E-state index contributed by atoms with van der Waals surface area (Å²) in [6.45, 7) is 1.80. The SMILES string of the molecule is CC1=C(c2ccccc2)NC(S)NC1=O. The molecule has 0 aromatic heterocycles. The molecular weight excluding hydrogens is 208 g/mol. The average Bonchev–Trinajstić information content (AvgIpc) is 2.24. The van der Waals surface area contributed by atoms with Gasteiger partial charge in [0.2, 0.25) is 0 Å². The quantitative estimate of drug-likeness (QED) is 0.625. The van der Waals surface area contributed by atoms with Gasteiger partial charge in [-0.05, 0) is 12.5 Å². The van der Waals surface area contributed by atoms with Gasteiger partial charge in [-0.15, -0.1) is 12.6 Å². The topological polar surface area (TPSA) is 41.1 Å². The number of carbonyl (C=O) groups excluding carboxylic acids is 1. The Hall–Kier alpha value is -1.42. The highest BCUT2D eigenvalue weighted by Gasteiger charge is 2.21. The van der Waals surface area contributed by atoms with Crippen molar-refractivity contribution < 1.29 is 4.79 Å². The zero-order chi connectivity index (χ0) is 10.8. The first-order valence-corrected chi connectivity index (χ1v) is 5.22. The first-order valence-electron chi connectivity index (χ1n) is 4.70. The second-order valence-corrected chi connectivity index (χ2v) is 3.90. The number of rotatable bonds is 1. The molecule has 1 aliphatic heterocycles. The highest BCUT2D eigenvalue weighted by atomic mass is 32.1. The van der Waals surface area contributed by atoms with Crippen molar-refractivity contribution in [1.29, 1.82) is 0 Å². The van der Waals surface area contributed by atoms with Gasteiger partial charge < -0.3 is 10.6 Å². The molecule has 0 fully saturated rings. The molecule has 2 N–H and O–H groups in total. The zero-order valence-electron chi connectivity index (χ0n) is 8.32. The molecule has 0 aliphatic carbocycles. The number of amides is 1. The van der Waals surface area contributed by atoms with Crippen LogP contribution in [0.15, 0.2) is 35.9 Å². The van der Waals surface area contributed by atoms with Gasteiger partial charge in [-0.25, -0.2) is 0 Å². The lowest BCUT2D eigenvalue weighted by atomic mass is 10.1. The van der Waals surface area contributed by atoms with E-state index in [0.29, 0.717) is 5.57 Å². The van der Waals surface area contributed by atoms with Crippen LogP contribution in [0.3, 0.4) is 0 Å². The molecule has 0 saturated heterocycles. The molecule has 1 unspecified atom stereocenters. The Morgan fingerprint density at radius 3 is 2.53 bits per heavy atom. The fourth-order valence-electron chi connectivity index (χ4n) is 1.53. The third kappa shape index (κ3) is 1.99. The fourth-order valence-corrected chi connectivity index (χ4v) is 1.78. The minimum Gasteiger partial charge on any atom is -0.356 e. The lowest BCUT2D eigenvalue weighted by Gasteiger charge is -2.25. The second kappa shape index (κ2) is 3.98. The van der Waals surface area contributed by atoms with Crippen LogP contribution in [-0.2, 0) is 4.79 Å². The number of thiol groups is 1. The lowest BCUT2D eigenvalue weighted by molar-refractivity contribution is -0.118. The molecular formula is C11H12N2OS. The molecule has 1 heterocycles. The van der Waals surface area contributed by atoms with Crippen LogP contribution < -0.4 is 10.6 Å². The molecule has 0 saturated carbocycles. The zero-order valence-corrected chi connectivity index (χ0v) is 9.21. The summed E-state index contributed by atoms with van der Waals surface area (Å²) in [5, 5.41) is 5.81. The number of benzene rings is 1. The third-order valence-electron chi connectivity index (χ3n) is 2.33. The predicted molar refractivity (Wildman–Crippen MR) is 63.1 cm³/mol. The molecule has 0 bridgehead atoms. The molecule has 1 aromatic carbocycles. The summed E-state index contributed by atoms with van der Waals surface area (Å²) >= 11 is 4.19. The third-order valence-corrected chi connectivity index (χ3v) is 2.59. The maximum absolute atomic E-state index is 11.5. The molecule has 0 spiro atoms. The van der Waals surface area contributed by atoms with E-state index in [9.17, 15) is 4.79 Å². The molecule has 1 atom stereocenters. The number of carbonyl (C=O) groups is 1. The second-order valence-electron chi connectivity index (χ2n) is 3.39. The molecule has 2 rings (SSSR count). The maximum atomic E-state index is 11.5. The van der Waals surface area contributed by atoms with Crippen molar-refractivity contribution in [2.45, 2.75) is 12.4 Å². The van der Waals surface area contributed by atoms with E-state index in [-0.39, 0.29) is 11.4 Å². The normalized spacial score (nSPS) is 20.9. The summed E-state index contributed by atoms with van der Waals surface area (Å²) < 4.78 is 0. The van der Waals surface area contributed by atoms with Crippen LogP contribution in [0.25, 0.3) is 5.70 Å². The Labute approximate surface area is 94.0 Å².